The maximum Gasteiger partial charge on any atom is 0.179 e. The van der Waals surface area contributed by atoms with Crippen molar-refractivity contribution in [2.45, 2.75) is 0 Å². The number of anilines is 1. The SMILES string of the molecule is CNc1nc(C#N)c(C#N)nc1-c1cccc(Cl)c1. The molecule has 0 saturated heterocycles. The van der Waals surface area contributed by atoms with Gasteiger partial charge in [-0.2, -0.15) is 10.5 Å². The number of hydrogen-bond donors (Lipinski definition) is 1. The Kier molecular flexibility index (Phi) is 3.61. The first kappa shape index (κ1) is 12.8. The predicted octanol–water partition coefficient (Wildman–Crippen LogP) is 2.58. The van der Waals surface area contributed by atoms with Crippen molar-refractivity contribution < 1.29 is 0 Å². The second-order valence-corrected chi connectivity index (χ2v) is 4.04. The summed E-state index contributed by atoms with van der Waals surface area (Å²) in [5.41, 5.74) is 1.21. The van der Waals surface area contributed by atoms with E-state index < -0.39 is 0 Å². The molecule has 92 valence electrons. The van der Waals surface area contributed by atoms with Gasteiger partial charge in [0.2, 0.25) is 0 Å². The third kappa shape index (κ3) is 2.47. The highest BCUT2D eigenvalue weighted by molar-refractivity contribution is 6.30. The highest BCUT2D eigenvalue weighted by atomic mass is 35.5. The maximum absolute atomic E-state index is 8.99. The lowest BCUT2D eigenvalue weighted by Crippen LogP contribution is -2.03. The number of rotatable bonds is 2. The van der Waals surface area contributed by atoms with Crippen molar-refractivity contribution in [3.8, 4) is 23.4 Å². The Balaban J connectivity index is 2.70. The zero-order chi connectivity index (χ0) is 13.8. The summed E-state index contributed by atoms with van der Waals surface area (Å²) < 4.78 is 0. The molecule has 6 heteroatoms. The van der Waals surface area contributed by atoms with Crippen LogP contribution in [0.5, 0.6) is 0 Å². The van der Waals surface area contributed by atoms with Crippen LogP contribution in [0.25, 0.3) is 11.3 Å². The van der Waals surface area contributed by atoms with Gasteiger partial charge in [0.25, 0.3) is 0 Å². The van der Waals surface area contributed by atoms with Gasteiger partial charge >= 0.3 is 0 Å². The van der Waals surface area contributed by atoms with Crippen molar-refractivity contribution in [1.29, 1.82) is 10.5 Å². The lowest BCUT2D eigenvalue weighted by Gasteiger charge is -2.08. The van der Waals surface area contributed by atoms with Crippen LogP contribution in [0.1, 0.15) is 11.4 Å². The van der Waals surface area contributed by atoms with Crippen molar-refractivity contribution in [2.24, 2.45) is 0 Å². The molecular formula is C13H8ClN5. The summed E-state index contributed by atoms with van der Waals surface area (Å²) in [6, 6.07) is 10.8. The van der Waals surface area contributed by atoms with Crippen LogP contribution >= 0.6 is 11.6 Å². The van der Waals surface area contributed by atoms with Crippen molar-refractivity contribution >= 4 is 17.4 Å². The van der Waals surface area contributed by atoms with Crippen molar-refractivity contribution in [1.82, 2.24) is 9.97 Å². The van der Waals surface area contributed by atoms with Crippen LogP contribution in [-0.4, -0.2) is 17.0 Å². The molecule has 0 fully saturated rings. The molecule has 1 heterocycles. The molecule has 0 aliphatic heterocycles. The quantitative estimate of drug-likeness (QED) is 0.905. The number of benzene rings is 1. The average Bonchev–Trinajstić information content (AvgIpc) is 2.45. The van der Waals surface area contributed by atoms with Crippen molar-refractivity contribution in [3.05, 3.63) is 40.7 Å². The van der Waals surface area contributed by atoms with Crippen molar-refractivity contribution in [2.75, 3.05) is 12.4 Å². The fraction of sp³-hybridized carbons (Fsp3) is 0.0769. The maximum atomic E-state index is 8.99. The largest absolute Gasteiger partial charge is 0.371 e. The van der Waals surface area contributed by atoms with E-state index in [1.165, 1.54) is 0 Å². The summed E-state index contributed by atoms with van der Waals surface area (Å²) in [6.45, 7) is 0. The molecule has 0 aliphatic rings. The number of nitriles is 2. The van der Waals surface area contributed by atoms with E-state index >= 15 is 0 Å². The molecule has 1 aromatic heterocycles. The number of hydrogen-bond acceptors (Lipinski definition) is 5. The van der Waals surface area contributed by atoms with E-state index in [0.717, 1.165) is 5.56 Å². The molecule has 19 heavy (non-hydrogen) atoms. The third-order valence-electron chi connectivity index (χ3n) is 2.44. The fourth-order valence-electron chi connectivity index (χ4n) is 1.60. The molecular weight excluding hydrogens is 262 g/mol. The second kappa shape index (κ2) is 5.34. The Labute approximate surface area is 115 Å². The van der Waals surface area contributed by atoms with Gasteiger partial charge < -0.3 is 5.32 Å². The zero-order valence-corrected chi connectivity index (χ0v) is 10.7. The van der Waals surface area contributed by atoms with E-state index in [-0.39, 0.29) is 11.4 Å². The number of aromatic nitrogens is 2. The van der Waals surface area contributed by atoms with E-state index in [2.05, 4.69) is 15.3 Å². The van der Waals surface area contributed by atoms with Crippen LogP contribution in [0.15, 0.2) is 24.3 Å². The molecule has 2 aromatic rings. The van der Waals surface area contributed by atoms with Gasteiger partial charge in [0.15, 0.2) is 17.2 Å². The molecule has 5 nitrogen and oxygen atoms in total. The molecule has 0 aliphatic carbocycles. The van der Waals surface area contributed by atoms with E-state index in [1.54, 1.807) is 25.2 Å². The topological polar surface area (TPSA) is 85.4 Å². The van der Waals surface area contributed by atoms with Gasteiger partial charge in [0.1, 0.15) is 17.8 Å². The Morgan fingerprint density at radius 3 is 2.42 bits per heavy atom. The minimum atomic E-state index is -0.00326. The molecule has 0 atom stereocenters. The van der Waals surface area contributed by atoms with Crippen LogP contribution in [-0.2, 0) is 0 Å². The molecule has 0 radical (unpaired) electrons. The summed E-state index contributed by atoms with van der Waals surface area (Å²) in [7, 11) is 1.67. The third-order valence-corrected chi connectivity index (χ3v) is 2.68. The van der Waals surface area contributed by atoms with Gasteiger partial charge in [-0.1, -0.05) is 23.7 Å². The number of nitrogens with zero attached hydrogens (tertiary/aromatic N) is 4. The Hall–Kier alpha value is -2.63. The first-order valence-corrected chi connectivity index (χ1v) is 5.73. The summed E-state index contributed by atoms with van der Waals surface area (Å²) in [6.07, 6.45) is 0. The van der Waals surface area contributed by atoms with Crippen LogP contribution in [0.2, 0.25) is 5.02 Å². The summed E-state index contributed by atoms with van der Waals surface area (Å²) in [5.74, 6) is 0.429. The summed E-state index contributed by atoms with van der Waals surface area (Å²) in [4.78, 5) is 8.26. The van der Waals surface area contributed by atoms with Crippen LogP contribution in [0.4, 0.5) is 5.82 Å². The average molecular weight is 270 g/mol. The van der Waals surface area contributed by atoms with Gasteiger partial charge in [0.05, 0.1) is 0 Å². The summed E-state index contributed by atoms with van der Waals surface area (Å²) >= 11 is 5.94. The standard InChI is InChI=1S/C13H8ClN5/c1-17-13-12(8-3-2-4-9(14)5-8)18-10(6-15)11(7-16)19-13/h2-5H,1H3,(H,17,19). The van der Waals surface area contributed by atoms with Crippen molar-refractivity contribution in [3.63, 3.8) is 0 Å². The normalized spacial score (nSPS) is 9.47. The Morgan fingerprint density at radius 1 is 1.16 bits per heavy atom. The predicted molar refractivity (Wildman–Crippen MR) is 71.5 cm³/mol. The number of halogens is 1. The lowest BCUT2D eigenvalue weighted by molar-refractivity contribution is 1.13. The van der Waals surface area contributed by atoms with Crippen LogP contribution in [0, 0.1) is 22.7 Å². The smallest absolute Gasteiger partial charge is 0.179 e. The van der Waals surface area contributed by atoms with E-state index in [9.17, 15) is 0 Å². The second-order valence-electron chi connectivity index (χ2n) is 3.60. The van der Waals surface area contributed by atoms with Gasteiger partial charge in [0, 0.05) is 17.6 Å². The van der Waals surface area contributed by atoms with E-state index in [1.807, 2.05) is 18.2 Å². The lowest BCUT2D eigenvalue weighted by atomic mass is 10.1. The minimum absolute atomic E-state index is 0.00220. The first-order valence-electron chi connectivity index (χ1n) is 5.35. The zero-order valence-electron chi connectivity index (χ0n) is 9.98. The molecule has 0 amide bonds. The van der Waals surface area contributed by atoms with E-state index in [0.29, 0.717) is 16.5 Å². The summed E-state index contributed by atoms with van der Waals surface area (Å²) in [5, 5.41) is 21.3. The van der Waals surface area contributed by atoms with Crippen LogP contribution in [0.3, 0.4) is 0 Å². The molecule has 2 rings (SSSR count). The first-order chi connectivity index (χ1) is 9.19. The van der Waals surface area contributed by atoms with Gasteiger partial charge in [-0.25, -0.2) is 9.97 Å². The van der Waals surface area contributed by atoms with Crippen LogP contribution < -0.4 is 5.32 Å². The van der Waals surface area contributed by atoms with Gasteiger partial charge in [-0.15, -0.1) is 0 Å². The fourth-order valence-corrected chi connectivity index (χ4v) is 1.79. The molecule has 0 saturated carbocycles. The Morgan fingerprint density at radius 2 is 1.84 bits per heavy atom. The highest BCUT2D eigenvalue weighted by Gasteiger charge is 2.14. The molecule has 1 N–H and O–H groups in total. The van der Waals surface area contributed by atoms with Gasteiger partial charge in [-0.05, 0) is 12.1 Å². The highest BCUT2D eigenvalue weighted by Crippen LogP contribution is 2.27. The molecule has 0 spiro atoms. The molecule has 0 bridgehead atoms. The molecule has 0 unspecified atom stereocenters. The number of nitrogens with one attached hydrogen (secondary N) is 1. The monoisotopic (exact) mass is 269 g/mol. The molecule has 1 aromatic carbocycles. The Bertz CT molecular complexity index is 712. The minimum Gasteiger partial charge on any atom is -0.371 e. The van der Waals surface area contributed by atoms with Gasteiger partial charge in [-0.3, -0.25) is 0 Å². The van der Waals surface area contributed by atoms with E-state index in [4.69, 9.17) is 22.1 Å².